The van der Waals surface area contributed by atoms with Gasteiger partial charge in [-0.2, -0.15) is 0 Å². The zero-order valence-corrected chi connectivity index (χ0v) is 21.8. The van der Waals surface area contributed by atoms with Gasteiger partial charge in [0, 0.05) is 24.1 Å². The van der Waals surface area contributed by atoms with Crippen molar-refractivity contribution in [1.82, 2.24) is 4.90 Å². The topological polar surface area (TPSA) is 65.1 Å². The van der Waals surface area contributed by atoms with E-state index in [4.69, 9.17) is 14.2 Å². The Labute approximate surface area is 219 Å². The van der Waals surface area contributed by atoms with Crippen molar-refractivity contribution in [1.29, 1.82) is 0 Å². The Bertz CT molecular complexity index is 1220. The van der Waals surface area contributed by atoms with Crippen molar-refractivity contribution in [3.8, 4) is 16.9 Å². The van der Waals surface area contributed by atoms with Crippen LogP contribution in [0.5, 0.6) is 5.75 Å². The zero-order chi connectivity index (χ0) is 26.8. The molecule has 0 unspecified atom stereocenters. The van der Waals surface area contributed by atoms with Gasteiger partial charge in [-0.1, -0.05) is 24.3 Å². The SMILES string of the molecule is CCOC(=O)CN(CCOC)C(=O)c1cccc(COc2ccc(-c3cc(F)c(F)cc3SC)cc2)c1. The molecular formula is C28H29F2NO5S. The minimum atomic E-state index is -0.898. The van der Waals surface area contributed by atoms with Gasteiger partial charge in [0.1, 0.15) is 18.9 Å². The highest BCUT2D eigenvalue weighted by molar-refractivity contribution is 7.98. The van der Waals surface area contributed by atoms with Crippen molar-refractivity contribution >= 4 is 23.6 Å². The monoisotopic (exact) mass is 529 g/mol. The summed E-state index contributed by atoms with van der Waals surface area (Å²) in [7, 11) is 1.52. The normalized spacial score (nSPS) is 10.7. The Hall–Kier alpha value is -3.43. The number of carbonyl (C=O) groups is 2. The van der Waals surface area contributed by atoms with Crippen molar-refractivity contribution in [2.75, 3.05) is 39.7 Å². The van der Waals surface area contributed by atoms with Crippen molar-refractivity contribution in [2.45, 2.75) is 18.4 Å². The molecule has 0 bridgehead atoms. The molecular weight excluding hydrogens is 500 g/mol. The number of rotatable bonds is 12. The molecule has 3 rings (SSSR count). The molecule has 0 aliphatic carbocycles. The molecule has 0 N–H and O–H groups in total. The van der Waals surface area contributed by atoms with Gasteiger partial charge in [0.05, 0.1) is 13.2 Å². The third-order valence-electron chi connectivity index (χ3n) is 5.46. The van der Waals surface area contributed by atoms with E-state index in [0.29, 0.717) is 21.8 Å². The fourth-order valence-corrected chi connectivity index (χ4v) is 4.23. The molecule has 0 spiro atoms. The van der Waals surface area contributed by atoms with Gasteiger partial charge in [0.25, 0.3) is 5.91 Å². The number of esters is 1. The molecule has 1 amide bonds. The van der Waals surface area contributed by atoms with E-state index in [1.165, 1.54) is 35.9 Å². The molecule has 0 aliphatic rings. The Balaban J connectivity index is 1.69. The van der Waals surface area contributed by atoms with Crippen molar-refractivity contribution in [3.63, 3.8) is 0 Å². The molecule has 3 aromatic carbocycles. The molecule has 196 valence electrons. The number of hydrogen-bond acceptors (Lipinski definition) is 6. The molecule has 0 atom stereocenters. The largest absolute Gasteiger partial charge is 0.489 e. The molecule has 9 heteroatoms. The van der Waals surface area contributed by atoms with E-state index in [0.717, 1.165) is 11.1 Å². The Morgan fingerprint density at radius 1 is 1.00 bits per heavy atom. The van der Waals surface area contributed by atoms with Crippen LogP contribution in [0.25, 0.3) is 11.1 Å². The predicted molar refractivity (Wildman–Crippen MR) is 139 cm³/mol. The second-order valence-corrected chi connectivity index (χ2v) is 8.85. The lowest BCUT2D eigenvalue weighted by Crippen LogP contribution is -2.38. The average Bonchev–Trinajstić information content (AvgIpc) is 2.91. The summed E-state index contributed by atoms with van der Waals surface area (Å²) in [4.78, 5) is 27.0. The van der Waals surface area contributed by atoms with Crippen LogP contribution in [0.15, 0.2) is 65.6 Å². The lowest BCUT2D eigenvalue weighted by Gasteiger charge is -2.21. The minimum absolute atomic E-state index is 0.167. The number of carbonyl (C=O) groups excluding carboxylic acids is 2. The quantitative estimate of drug-likeness (QED) is 0.225. The summed E-state index contributed by atoms with van der Waals surface area (Å²) in [5.74, 6) is -1.99. The van der Waals surface area contributed by atoms with E-state index in [1.807, 2.05) is 6.07 Å². The Kier molecular flexibility index (Phi) is 10.5. The fourth-order valence-electron chi connectivity index (χ4n) is 3.61. The van der Waals surface area contributed by atoms with Gasteiger partial charge in [-0.05, 0) is 66.3 Å². The maximum atomic E-state index is 13.8. The first-order valence-corrected chi connectivity index (χ1v) is 12.9. The van der Waals surface area contributed by atoms with Crippen LogP contribution in [0.2, 0.25) is 0 Å². The zero-order valence-electron chi connectivity index (χ0n) is 21.0. The Morgan fingerprint density at radius 3 is 2.41 bits per heavy atom. The molecule has 0 fully saturated rings. The number of benzene rings is 3. The van der Waals surface area contributed by atoms with E-state index in [1.54, 1.807) is 55.6 Å². The van der Waals surface area contributed by atoms with Gasteiger partial charge in [-0.15, -0.1) is 11.8 Å². The van der Waals surface area contributed by atoms with Crippen LogP contribution in [0.1, 0.15) is 22.8 Å². The summed E-state index contributed by atoms with van der Waals surface area (Å²) in [6, 6.07) is 16.4. The third-order valence-corrected chi connectivity index (χ3v) is 6.24. The second-order valence-electron chi connectivity index (χ2n) is 8.00. The van der Waals surface area contributed by atoms with Crippen LogP contribution in [0.4, 0.5) is 8.78 Å². The first-order chi connectivity index (χ1) is 17.9. The second kappa shape index (κ2) is 13.8. The van der Waals surface area contributed by atoms with E-state index in [9.17, 15) is 18.4 Å². The molecule has 0 aliphatic heterocycles. The summed E-state index contributed by atoms with van der Waals surface area (Å²) in [5.41, 5.74) is 2.52. The maximum Gasteiger partial charge on any atom is 0.325 e. The van der Waals surface area contributed by atoms with Gasteiger partial charge >= 0.3 is 5.97 Å². The number of methoxy groups -OCH3 is 1. The summed E-state index contributed by atoms with van der Waals surface area (Å²) in [6.45, 7) is 2.51. The van der Waals surface area contributed by atoms with Crippen LogP contribution >= 0.6 is 11.8 Å². The number of amides is 1. The molecule has 3 aromatic rings. The summed E-state index contributed by atoms with van der Waals surface area (Å²) in [6.07, 6.45) is 1.81. The van der Waals surface area contributed by atoms with E-state index in [-0.39, 0.29) is 38.8 Å². The van der Waals surface area contributed by atoms with Gasteiger partial charge in [-0.3, -0.25) is 9.59 Å². The highest BCUT2D eigenvalue weighted by Gasteiger charge is 2.20. The van der Waals surface area contributed by atoms with Crippen LogP contribution in [-0.2, 0) is 20.9 Å². The molecule has 0 saturated heterocycles. The van der Waals surface area contributed by atoms with Gasteiger partial charge in [0.15, 0.2) is 11.6 Å². The third kappa shape index (κ3) is 7.77. The smallest absolute Gasteiger partial charge is 0.325 e. The predicted octanol–water partition coefficient (Wildman–Crippen LogP) is 5.58. The average molecular weight is 530 g/mol. The summed E-state index contributed by atoms with van der Waals surface area (Å²) >= 11 is 1.34. The number of hydrogen-bond donors (Lipinski definition) is 0. The number of thioether (sulfide) groups is 1. The number of halogens is 2. The molecule has 6 nitrogen and oxygen atoms in total. The fraction of sp³-hybridized carbons (Fsp3) is 0.286. The van der Waals surface area contributed by atoms with E-state index in [2.05, 4.69) is 0 Å². The molecule has 0 heterocycles. The van der Waals surface area contributed by atoms with Crippen molar-refractivity contribution in [2.24, 2.45) is 0 Å². The van der Waals surface area contributed by atoms with E-state index < -0.39 is 17.6 Å². The lowest BCUT2D eigenvalue weighted by molar-refractivity contribution is -0.143. The molecule has 0 aromatic heterocycles. The van der Waals surface area contributed by atoms with Crippen LogP contribution in [0.3, 0.4) is 0 Å². The standard InChI is InChI=1S/C28H29F2NO5S/c1-4-35-27(32)17-31(12-13-34-2)28(33)21-7-5-6-19(14-21)18-36-22-10-8-20(9-11-22)23-15-24(29)25(30)16-26(23)37-3/h5-11,14-16H,4,12-13,17-18H2,1-3H3. The highest BCUT2D eigenvalue weighted by atomic mass is 32.2. The van der Waals surface area contributed by atoms with Crippen LogP contribution in [0, 0.1) is 11.6 Å². The summed E-state index contributed by atoms with van der Waals surface area (Å²) in [5, 5.41) is 0. The van der Waals surface area contributed by atoms with E-state index >= 15 is 0 Å². The van der Waals surface area contributed by atoms with Crippen LogP contribution in [-0.4, -0.2) is 56.4 Å². The first-order valence-electron chi connectivity index (χ1n) is 11.6. The maximum absolute atomic E-state index is 13.8. The molecule has 37 heavy (non-hydrogen) atoms. The van der Waals surface area contributed by atoms with Crippen molar-refractivity contribution < 1.29 is 32.6 Å². The van der Waals surface area contributed by atoms with Gasteiger partial charge in [-0.25, -0.2) is 8.78 Å². The minimum Gasteiger partial charge on any atom is -0.489 e. The van der Waals surface area contributed by atoms with Crippen LogP contribution < -0.4 is 4.74 Å². The van der Waals surface area contributed by atoms with Gasteiger partial charge < -0.3 is 19.1 Å². The number of ether oxygens (including phenoxy) is 3. The molecule has 0 saturated carbocycles. The Morgan fingerprint density at radius 2 is 1.73 bits per heavy atom. The lowest BCUT2D eigenvalue weighted by atomic mass is 10.1. The molecule has 0 radical (unpaired) electrons. The number of nitrogens with zero attached hydrogens (tertiary/aromatic N) is 1. The summed E-state index contributed by atoms with van der Waals surface area (Å²) < 4.78 is 43.3. The van der Waals surface area contributed by atoms with Gasteiger partial charge in [0.2, 0.25) is 0 Å². The first kappa shape index (κ1) is 28.1. The highest BCUT2D eigenvalue weighted by Crippen LogP contribution is 2.33. The van der Waals surface area contributed by atoms with Crippen molar-refractivity contribution in [3.05, 3.63) is 83.4 Å².